The summed E-state index contributed by atoms with van der Waals surface area (Å²) in [5.74, 6) is -0.369. The van der Waals surface area contributed by atoms with E-state index in [1.54, 1.807) is 38.6 Å². The fraction of sp³-hybridized carbons (Fsp3) is 0.269. The van der Waals surface area contributed by atoms with E-state index in [1.165, 1.54) is 29.4 Å². The summed E-state index contributed by atoms with van der Waals surface area (Å²) in [6, 6.07) is 7.29. The highest BCUT2D eigenvalue weighted by atomic mass is 19.1. The van der Waals surface area contributed by atoms with Crippen LogP contribution in [0.4, 0.5) is 20.5 Å². The Morgan fingerprint density at radius 1 is 0.889 bits per heavy atom. The van der Waals surface area contributed by atoms with E-state index in [9.17, 15) is 9.18 Å². The lowest BCUT2D eigenvalue weighted by Crippen LogP contribution is -2.47. The molecular formula is C26H25F2N7O. The monoisotopic (exact) mass is 489 g/mol. The van der Waals surface area contributed by atoms with Crippen LogP contribution in [-0.2, 0) is 0 Å². The van der Waals surface area contributed by atoms with Gasteiger partial charge in [0.15, 0.2) is 0 Å². The third kappa shape index (κ3) is 4.30. The van der Waals surface area contributed by atoms with E-state index in [2.05, 4.69) is 24.8 Å². The van der Waals surface area contributed by atoms with E-state index in [0.29, 0.717) is 54.6 Å². The summed E-state index contributed by atoms with van der Waals surface area (Å²) >= 11 is 0. The smallest absolute Gasteiger partial charge is 0.256 e. The molecule has 3 heterocycles. The molecule has 0 bridgehead atoms. The van der Waals surface area contributed by atoms with Crippen LogP contribution in [0.25, 0.3) is 22.0 Å². The van der Waals surface area contributed by atoms with Gasteiger partial charge in [0, 0.05) is 58.2 Å². The topological polar surface area (TPSA) is 78.4 Å². The van der Waals surface area contributed by atoms with Crippen LogP contribution in [0.1, 0.15) is 15.9 Å². The summed E-state index contributed by atoms with van der Waals surface area (Å²) in [5.41, 5.74) is 2.41. The number of carbonyl (C=O) groups excluding carboxylic acids is 1. The second-order valence-corrected chi connectivity index (χ2v) is 8.94. The molecule has 0 atom stereocenters. The summed E-state index contributed by atoms with van der Waals surface area (Å²) in [5, 5.41) is 0.281. The van der Waals surface area contributed by atoms with Gasteiger partial charge in [-0.1, -0.05) is 6.07 Å². The van der Waals surface area contributed by atoms with Crippen LogP contribution >= 0.6 is 0 Å². The fourth-order valence-electron chi connectivity index (χ4n) is 4.36. The van der Waals surface area contributed by atoms with Crippen molar-refractivity contribution in [1.29, 1.82) is 0 Å². The lowest BCUT2D eigenvalue weighted by molar-refractivity contribution is 0.0823. The Morgan fingerprint density at radius 3 is 2.25 bits per heavy atom. The van der Waals surface area contributed by atoms with Crippen molar-refractivity contribution >= 4 is 28.6 Å². The third-order valence-corrected chi connectivity index (χ3v) is 6.26. The summed E-state index contributed by atoms with van der Waals surface area (Å²) in [7, 11) is 3.13. The van der Waals surface area contributed by atoms with Gasteiger partial charge in [-0.25, -0.2) is 28.7 Å². The van der Waals surface area contributed by atoms with Crippen molar-refractivity contribution in [2.75, 3.05) is 50.1 Å². The molecule has 2 aromatic heterocycles. The Hall–Kier alpha value is -4.21. The van der Waals surface area contributed by atoms with E-state index in [1.807, 2.05) is 11.8 Å². The maximum Gasteiger partial charge on any atom is 0.256 e. The SMILES string of the molecule is Cc1cnc(N2CCN(c3ncnc4c(-c5ccc(C(=O)N(C)C)c(F)c5)ccc(F)c34)CC2)nc1. The molecule has 0 radical (unpaired) electrons. The summed E-state index contributed by atoms with van der Waals surface area (Å²) in [6.45, 7) is 4.45. The van der Waals surface area contributed by atoms with Crippen LogP contribution in [0.5, 0.6) is 0 Å². The Morgan fingerprint density at radius 2 is 1.58 bits per heavy atom. The minimum atomic E-state index is -0.646. The molecule has 36 heavy (non-hydrogen) atoms. The van der Waals surface area contributed by atoms with Crippen molar-refractivity contribution in [3.05, 3.63) is 71.8 Å². The van der Waals surface area contributed by atoms with Crippen molar-refractivity contribution in [1.82, 2.24) is 24.8 Å². The number of hydrogen-bond donors (Lipinski definition) is 0. The van der Waals surface area contributed by atoms with Crippen LogP contribution in [0.3, 0.4) is 0 Å². The lowest BCUT2D eigenvalue weighted by atomic mass is 9.99. The van der Waals surface area contributed by atoms with Crippen LogP contribution in [0, 0.1) is 18.6 Å². The first-order valence-electron chi connectivity index (χ1n) is 11.6. The molecule has 1 saturated heterocycles. The number of amides is 1. The van der Waals surface area contributed by atoms with Gasteiger partial charge >= 0.3 is 0 Å². The zero-order valence-corrected chi connectivity index (χ0v) is 20.2. The molecule has 5 rings (SSSR count). The van der Waals surface area contributed by atoms with E-state index in [0.717, 1.165) is 5.56 Å². The third-order valence-electron chi connectivity index (χ3n) is 6.26. The predicted molar refractivity (Wildman–Crippen MR) is 134 cm³/mol. The minimum absolute atomic E-state index is 0.0269. The lowest BCUT2D eigenvalue weighted by Gasteiger charge is -2.35. The standard InChI is InChI=1S/C26H25F2N7O/c1-16-13-29-26(30-14-16)35-10-8-34(9-11-35)24-22-20(27)7-6-18(23(22)31-15-32-24)17-4-5-19(21(28)12-17)25(36)33(2)3/h4-7,12-15H,8-11H2,1-3H3. The molecule has 0 saturated carbocycles. The highest BCUT2D eigenvalue weighted by molar-refractivity contribution is 6.00. The van der Waals surface area contributed by atoms with Gasteiger partial charge in [-0.2, -0.15) is 0 Å². The van der Waals surface area contributed by atoms with Gasteiger partial charge < -0.3 is 14.7 Å². The van der Waals surface area contributed by atoms with E-state index < -0.39 is 17.5 Å². The highest BCUT2D eigenvalue weighted by Gasteiger charge is 2.24. The molecule has 2 aromatic carbocycles. The molecule has 0 aliphatic carbocycles. The van der Waals surface area contributed by atoms with E-state index in [4.69, 9.17) is 0 Å². The Bertz CT molecular complexity index is 1430. The Kier molecular flexibility index (Phi) is 6.17. The van der Waals surface area contributed by atoms with Crippen LogP contribution < -0.4 is 9.80 Å². The largest absolute Gasteiger partial charge is 0.352 e. The summed E-state index contributed by atoms with van der Waals surface area (Å²) in [4.78, 5) is 35.2. The number of aryl methyl sites for hydroxylation is 1. The number of rotatable bonds is 4. The molecule has 1 aliphatic heterocycles. The maximum atomic E-state index is 15.2. The molecule has 4 aromatic rings. The molecular weight excluding hydrogens is 464 g/mol. The fourth-order valence-corrected chi connectivity index (χ4v) is 4.36. The number of anilines is 2. The van der Waals surface area contributed by atoms with Crippen molar-refractivity contribution in [3.8, 4) is 11.1 Å². The molecule has 0 N–H and O–H groups in total. The molecule has 0 unspecified atom stereocenters. The van der Waals surface area contributed by atoms with Crippen molar-refractivity contribution in [2.24, 2.45) is 0 Å². The van der Waals surface area contributed by atoms with Crippen LogP contribution in [0.2, 0.25) is 0 Å². The van der Waals surface area contributed by atoms with Gasteiger partial charge in [0.2, 0.25) is 5.95 Å². The Labute approximate surface area is 207 Å². The van der Waals surface area contributed by atoms with Gasteiger partial charge in [-0.05, 0) is 42.3 Å². The number of halogens is 2. The van der Waals surface area contributed by atoms with Gasteiger partial charge in [0.25, 0.3) is 5.91 Å². The average molecular weight is 490 g/mol. The number of carbonyl (C=O) groups is 1. The zero-order chi connectivity index (χ0) is 25.4. The first kappa shape index (κ1) is 23.5. The molecule has 1 aliphatic rings. The normalized spacial score (nSPS) is 13.8. The van der Waals surface area contributed by atoms with Crippen molar-refractivity contribution < 1.29 is 13.6 Å². The molecule has 10 heteroatoms. The number of nitrogens with zero attached hydrogens (tertiary/aromatic N) is 7. The number of aromatic nitrogens is 4. The number of benzene rings is 2. The number of fused-ring (bicyclic) bond motifs is 1. The molecule has 1 amide bonds. The first-order chi connectivity index (χ1) is 17.3. The van der Waals surface area contributed by atoms with Gasteiger partial charge in [-0.3, -0.25) is 4.79 Å². The quantitative estimate of drug-likeness (QED) is 0.433. The van der Waals surface area contributed by atoms with Gasteiger partial charge in [0.1, 0.15) is 23.8 Å². The highest BCUT2D eigenvalue weighted by Crippen LogP contribution is 2.34. The average Bonchev–Trinajstić information content (AvgIpc) is 2.89. The van der Waals surface area contributed by atoms with Crippen LogP contribution in [-0.4, -0.2) is 71.0 Å². The summed E-state index contributed by atoms with van der Waals surface area (Å²) in [6.07, 6.45) is 4.97. The van der Waals surface area contributed by atoms with Gasteiger partial charge in [0.05, 0.1) is 16.5 Å². The molecule has 0 spiro atoms. The summed E-state index contributed by atoms with van der Waals surface area (Å²) < 4.78 is 30.0. The second kappa shape index (κ2) is 9.44. The first-order valence-corrected chi connectivity index (χ1v) is 11.6. The number of piperazine rings is 1. The zero-order valence-electron chi connectivity index (χ0n) is 20.2. The maximum absolute atomic E-state index is 15.2. The van der Waals surface area contributed by atoms with Crippen molar-refractivity contribution in [2.45, 2.75) is 6.92 Å². The molecule has 1 fully saturated rings. The minimum Gasteiger partial charge on any atom is -0.352 e. The van der Waals surface area contributed by atoms with E-state index in [-0.39, 0.29) is 10.9 Å². The van der Waals surface area contributed by atoms with Crippen LogP contribution in [0.15, 0.2) is 49.1 Å². The molecule has 8 nitrogen and oxygen atoms in total. The number of hydrogen-bond acceptors (Lipinski definition) is 7. The van der Waals surface area contributed by atoms with Crippen molar-refractivity contribution in [3.63, 3.8) is 0 Å². The van der Waals surface area contributed by atoms with Gasteiger partial charge in [-0.15, -0.1) is 0 Å². The van der Waals surface area contributed by atoms with E-state index >= 15 is 4.39 Å². The second-order valence-electron chi connectivity index (χ2n) is 8.94. The molecule has 184 valence electrons. The Balaban J connectivity index is 1.47. The predicted octanol–water partition coefficient (Wildman–Crippen LogP) is 3.70.